The van der Waals surface area contributed by atoms with Crippen molar-refractivity contribution in [2.45, 2.75) is 0 Å². The Labute approximate surface area is 201 Å². The molecule has 0 aliphatic carbocycles. The molecule has 3 aromatic rings. The molecule has 7 nitrogen and oxygen atoms in total. The summed E-state index contributed by atoms with van der Waals surface area (Å²) < 4.78 is 10.2. The van der Waals surface area contributed by atoms with Gasteiger partial charge in [0, 0.05) is 29.2 Å². The van der Waals surface area contributed by atoms with Crippen molar-refractivity contribution in [1.82, 2.24) is 4.90 Å². The highest BCUT2D eigenvalue weighted by Gasteiger charge is 2.20. The molecule has 1 aromatic heterocycles. The van der Waals surface area contributed by atoms with E-state index in [0.29, 0.717) is 47.5 Å². The fourth-order valence-electron chi connectivity index (χ4n) is 3.40. The number of thiophene rings is 1. The maximum Gasteiger partial charge on any atom is 0.340 e. The van der Waals surface area contributed by atoms with Crippen LogP contribution >= 0.6 is 23.6 Å². The Hall–Kier alpha value is -3.27. The molecule has 1 aliphatic heterocycles. The maximum absolute atomic E-state index is 12.6. The van der Waals surface area contributed by atoms with Gasteiger partial charge in [-0.25, -0.2) is 4.79 Å². The lowest BCUT2D eigenvalue weighted by Crippen LogP contribution is -2.40. The fourth-order valence-corrected chi connectivity index (χ4v) is 4.74. The second-order valence-electron chi connectivity index (χ2n) is 7.27. The molecule has 0 saturated carbocycles. The van der Waals surface area contributed by atoms with Crippen molar-refractivity contribution in [2.24, 2.45) is 0 Å². The highest BCUT2D eigenvalue weighted by molar-refractivity contribution is 7.80. The molecule has 9 heteroatoms. The average molecular weight is 482 g/mol. The van der Waals surface area contributed by atoms with Crippen LogP contribution in [-0.2, 0) is 9.47 Å². The number of rotatable bonds is 5. The van der Waals surface area contributed by atoms with E-state index in [1.54, 1.807) is 35.2 Å². The van der Waals surface area contributed by atoms with E-state index < -0.39 is 5.97 Å². The minimum absolute atomic E-state index is 0.0136. The fraction of sp³-hybridized carbons (Fsp3) is 0.208. The first-order chi connectivity index (χ1) is 16.0. The van der Waals surface area contributed by atoms with E-state index in [0.717, 1.165) is 16.1 Å². The SMILES string of the molecule is COC(=O)c1cc(-c2ccccc2)sc1NC(=S)Nc1ccc(C(=O)N2CCOCC2)cc1. The molecule has 2 heterocycles. The number of methoxy groups -OCH3 is 1. The summed E-state index contributed by atoms with van der Waals surface area (Å²) in [5, 5.41) is 7.12. The Morgan fingerprint density at radius 2 is 1.73 bits per heavy atom. The van der Waals surface area contributed by atoms with Crippen LogP contribution in [0.5, 0.6) is 0 Å². The summed E-state index contributed by atoms with van der Waals surface area (Å²) in [4.78, 5) is 27.6. The van der Waals surface area contributed by atoms with Gasteiger partial charge >= 0.3 is 5.97 Å². The number of nitrogens with one attached hydrogen (secondary N) is 2. The highest BCUT2D eigenvalue weighted by Crippen LogP contribution is 2.36. The second kappa shape index (κ2) is 10.6. The lowest BCUT2D eigenvalue weighted by atomic mass is 10.1. The van der Waals surface area contributed by atoms with Crippen LogP contribution in [0.25, 0.3) is 10.4 Å². The normalized spacial score (nSPS) is 13.3. The van der Waals surface area contributed by atoms with Crippen LogP contribution in [0.15, 0.2) is 60.7 Å². The molecule has 2 N–H and O–H groups in total. The molecule has 0 unspecified atom stereocenters. The van der Waals surface area contributed by atoms with Gasteiger partial charge < -0.3 is 25.0 Å². The van der Waals surface area contributed by atoms with Crippen molar-refractivity contribution < 1.29 is 19.1 Å². The topological polar surface area (TPSA) is 79.9 Å². The molecule has 33 heavy (non-hydrogen) atoms. The van der Waals surface area contributed by atoms with E-state index in [2.05, 4.69) is 10.6 Å². The van der Waals surface area contributed by atoms with E-state index in [1.165, 1.54) is 18.4 Å². The van der Waals surface area contributed by atoms with Gasteiger partial charge in [-0.15, -0.1) is 11.3 Å². The van der Waals surface area contributed by atoms with Crippen LogP contribution in [0, 0.1) is 0 Å². The quantitative estimate of drug-likeness (QED) is 0.411. The first-order valence-electron chi connectivity index (χ1n) is 10.4. The van der Waals surface area contributed by atoms with Gasteiger partial charge in [0.1, 0.15) is 5.00 Å². The van der Waals surface area contributed by atoms with E-state index in [4.69, 9.17) is 21.7 Å². The summed E-state index contributed by atoms with van der Waals surface area (Å²) in [5.74, 6) is -0.454. The third kappa shape index (κ3) is 5.57. The second-order valence-corrected chi connectivity index (χ2v) is 8.73. The predicted octanol–water partition coefficient (Wildman–Crippen LogP) is 4.48. The molecule has 0 atom stereocenters. The van der Waals surface area contributed by atoms with Gasteiger partial charge in [0.05, 0.1) is 25.9 Å². The molecule has 2 aromatic carbocycles. The van der Waals surface area contributed by atoms with Crippen molar-refractivity contribution in [1.29, 1.82) is 0 Å². The number of anilines is 2. The zero-order chi connectivity index (χ0) is 23.2. The van der Waals surface area contributed by atoms with Gasteiger partial charge in [-0.1, -0.05) is 30.3 Å². The van der Waals surface area contributed by atoms with Gasteiger partial charge in [0.15, 0.2) is 5.11 Å². The van der Waals surface area contributed by atoms with E-state index in [1.807, 2.05) is 30.3 Å². The molecule has 170 valence electrons. The summed E-state index contributed by atoms with van der Waals surface area (Å²) in [5.41, 5.74) is 2.75. The maximum atomic E-state index is 12.6. The number of hydrogen-bond acceptors (Lipinski definition) is 6. The number of hydrogen-bond donors (Lipinski definition) is 2. The summed E-state index contributed by atoms with van der Waals surface area (Å²) in [7, 11) is 1.35. The Morgan fingerprint density at radius 3 is 2.39 bits per heavy atom. The van der Waals surface area contributed by atoms with Gasteiger partial charge in [-0.05, 0) is 48.1 Å². The third-order valence-corrected chi connectivity index (χ3v) is 6.41. The smallest absolute Gasteiger partial charge is 0.340 e. The van der Waals surface area contributed by atoms with Crippen LogP contribution in [0.1, 0.15) is 20.7 Å². The minimum Gasteiger partial charge on any atom is -0.465 e. The number of esters is 1. The zero-order valence-corrected chi connectivity index (χ0v) is 19.6. The van der Waals surface area contributed by atoms with Crippen LogP contribution in [0.4, 0.5) is 10.7 Å². The molecule has 1 fully saturated rings. The van der Waals surface area contributed by atoms with Crippen LogP contribution in [0.3, 0.4) is 0 Å². The first kappa shape index (κ1) is 22.9. The van der Waals surface area contributed by atoms with Gasteiger partial charge in [0.25, 0.3) is 5.91 Å². The number of carbonyl (C=O) groups is 2. The average Bonchev–Trinajstić information content (AvgIpc) is 3.28. The molecule has 0 spiro atoms. The molecular formula is C24H23N3O4S2. The van der Waals surface area contributed by atoms with Crippen molar-refractivity contribution in [3.05, 3.63) is 71.8 Å². The highest BCUT2D eigenvalue weighted by atomic mass is 32.1. The summed E-state index contributed by atoms with van der Waals surface area (Å²) in [6, 6.07) is 18.7. The Balaban J connectivity index is 1.44. The number of amides is 1. The van der Waals surface area contributed by atoms with E-state index in [9.17, 15) is 9.59 Å². The van der Waals surface area contributed by atoms with Crippen LogP contribution in [-0.4, -0.2) is 55.3 Å². The van der Waals surface area contributed by atoms with Crippen LogP contribution < -0.4 is 10.6 Å². The Morgan fingerprint density at radius 1 is 1.03 bits per heavy atom. The lowest BCUT2D eigenvalue weighted by molar-refractivity contribution is 0.0303. The van der Waals surface area contributed by atoms with Gasteiger partial charge in [0.2, 0.25) is 0 Å². The number of carbonyl (C=O) groups excluding carboxylic acids is 2. The lowest BCUT2D eigenvalue weighted by Gasteiger charge is -2.26. The largest absolute Gasteiger partial charge is 0.465 e. The van der Waals surface area contributed by atoms with Crippen molar-refractivity contribution in [3.8, 4) is 10.4 Å². The zero-order valence-electron chi connectivity index (χ0n) is 18.0. The number of thiocarbonyl (C=S) groups is 1. The molecule has 1 aliphatic rings. The number of morpholine rings is 1. The molecule has 0 radical (unpaired) electrons. The minimum atomic E-state index is -0.440. The van der Waals surface area contributed by atoms with Crippen LogP contribution in [0.2, 0.25) is 0 Å². The van der Waals surface area contributed by atoms with E-state index >= 15 is 0 Å². The van der Waals surface area contributed by atoms with Gasteiger partial charge in [-0.3, -0.25) is 4.79 Å². The number of nitrogens with zero attached hydrogens (tertiary/aromatic N) is 1. The Kier molecular flexibility index (Phi) is 7.33. The van der Waals surface area contributed by atoms with Gasteiger partial charge in [-0.2, -0.15) is 0 Å². The van der Waals surface area contributed by atoms with Crippen molar-refractivity contribution in [3.63, 3.8) is 0 Å². The van der Waals surface area contributed by atoms with Crippen molar-refractivity contribution in [2.75, 3.05) is 44.0 Å². The number of ether oxygens (including phenoxy) is 2. The van der Waals surface area contributed by atoms with Crippen molar-refractivity contribution >= 4 is 51.2 Å². The molecule has 0 bridgehead atoms. The molecule has 1 amide bonds. The molecule has 1 saturated heterocycles. The summed E-state index contributed by atoms with van der Waals surface area (Å²) in [6.07, 6.45) is 0. The summed E-state index contributed by atoms with van der Waals surface area (Å²) in [6.45, 7) is 2.32. The molecule has 4 rings (SSSR count). The number of benzene rings is 2. The van der Waals surface area contributed by atoms with E-state index in [-0.39, 0.29) is 5.91 Å². The predicted molar refractivity (Wildman–Crippen MR) is 134 cm³/mol. The standard InChI is InChI=1S/C24H23N3O4S2/c1-30-23(29)19-15-20(16-5-3-2-4-6-16)33-21(19)26-24(32)25-18-9-7-17(8-10-18)22(28)27-11-13-31-14-12-27/h2-10,15H,11-14H2,1H3,(H2,25,26,32). The summed E-state index contributed by atoms with van der Waals surface area (Å²) >= 11 is 6.87. The third-order valence-electron chi connectivity index (χ3n) is 5.11. The monoisotopic (exact) mass is 481 g/mol. The first-order valence-corrected chi connectivity index (χ1v) is 11.6. The molecular weight excluding hydrogens is 458 g/mol. The Bertz CT molecular complexity index is 1140.